The van der Waals surface area contributed by atoms with Crippen molar-refractivity contribution < 1.29 is 14.3 Å². The molecule has 2 rings (SSSR count). The van der Waals surface area contributed by atoms with Crippen LogP contribution in [0.25, 0.3) is 0 Å². The van der Waals surface area contributed by atoms with E-state index in [4.69, 9.17) is 9.47 Å². The molecular formula is C17H20N2O3. The molecule has 0 bridgehead atoms. The number of hydrogen-bond donors (Lipinski definition) is 2. The number of hydrogen-bond acceptors (Lipinski definition) is 3. The second kappa shape index (κ2) is 7.36. The Bertz CT molecular complexity index is 639. The normalized spacial score (nSPS) is 9.95. The van der Waals surface area contributed by atoms with Crippen LogP contribution < -0.4 is 20.1 Å². The average molecular weight is 300 g/mol. The molecule has 2 aromatic rings. The van der Waals surface area contributed by atoms with Crippen LogP contribution in [0.2, 0.25) is 0 Å². The average Bonchev–Trinajstić information content (AvgIpc) is 2.55. The van der Waals surface area contributed by atoms with Crippen molar-refractivity contribution in [3.05, 3.63) is 48.0 Å². The number of urea groups is 1. The third-order valence-corrected chi connectivity index (χ3v) is 3.28. The monoisotopic (exact) mass is 300 g/mol. The molecule has 22 heavy (non-hydrogen) atoms. The summed E-state index contributed by atoms with van der Waals surface area (Å²) < 4.78 is 10.4. The van der Waals surface area contributed by atoms with Crippen LogP contribution in [0.15, 0.2) is 42.5 Å². The van der Waals surface area contributed by atoms with Crippen LogP contribution in [-0.4, -0.2) is 20.3 Å². The number of ether oxygens (including phenoxy) is 2. The summed E-state index contributed by atoms with van der Waals surface area (Å²) in [5.74, 6) is 1.20. The maximum atomic E-state index is 12.0. The Hall–Kier alpha value is -2.69. The van der Waals surface area contributed by atoms with Gasteiger partial charge in [0.2, 0.25) is 0 Å². The predicted octanol–water partition coefficient (Wildman–Crippen LogP) is 3.91. The number of rotatable bonds is 5. The van der Waals surface area contributed by atoms with E-state index in [0.29, 0.717) is 17.2 Å². The minimum absolute atomic E-state index is 0.326. The Morgan fingerprint density at radius 2 is 1.73 bits per heavy atom. The number of methoxy groups -OCH3 is 2. The van der Waals surface area contributed by atoms with Gasteiger partial charge in [0.25, 0.3) is 0 Å². The van der Waals surface area contributed by atoms with Crippen molar-refractivity contribution in [1.29, 1.82) is 0 Å². The standard InChI is InChI=1S/C17H20N2O3/c1-4-12-5-7-13(8-6-12)18-17(20)19-15-10-9-14(21-2)11-16(15)22-3/h5-11H,4H2,1-3H3,(H2,18,19,20). The topological polar surface area (TPSA) is 59.6 Å². The van der Waals surface area contributed by atoms with E-state index < -0.39 is 0 Å². The molecule has 2 aromatic carbocycles. The van der Waals surface area contributed by atoms with E-state index >= 15 is 0 Å². The Balaban J connectivity index is 2.04. The fourth-order valence-corrected chi connectivity index (χ4v) is 2.01. The molecular weight excluding hydrogens is 280 g/mol. The van der Waals surface area contributed by atoms with E-state index in [1.54, 1.807) is 32.4 Å². The van der Waals surface area contributed by atoms with Crippen LogP contribution in [-0.2, 0) is 6.42 Å². The molecule has 0 radical (unpaired) electrons. The van der Waals surface area contributed by atoms with Gasteiger partial charge in [-0.25, -0.2) is 4.79 Å². The van der Waals surface area contributed by atoms with Crippen LogP contribution in [0.1, 0.15) is 12.5 Å². The number of benzene rings is 2. The SMILES string of the molecule is CCc1ccc(NC(=O)Nc2ccc(OC)cc2OC)cc1. The zero-order valence-corrected chi connectivity index (χ0v) is 13.0. The van der Waals surface area contributed by atoms with Crippen LogP contribution in [0.4, 0.5) is 16.2 Å². The largest absolute Gasteiger partial charge is 0.497 e. The fraction of sp³-hybridized carbons (Fsp3) is 0.235. The highest BCUT2D eigenvalue weighted by Crippen LogP contribution is 2.29. The Morgan fingerprint density at radius 1 is 1.00 bits per heavy atom. The second-order valence-corrected chi connectivity index (χ2v) is 4.70. The first-order valence-corrected chi connectivity index (χ1v) is 7.05. The van der Waals surface area contributed by atoms with Crippen LogP contribution >= 0.6 is 0 Å². The van der Waals surface area contributed by atoms with Crippen molar-refractivity contribution in [2.45, 2.75) is 13.3 Å². The van der Waals surface area contributed by atoms with Gasteiger partial charge in [-0.1, -0.05) is 19.1 Å². The highest BCUT2D eigenvalue weighted by atomic mass is 16.5. The molecule has 0 aliphatic carbocycles. The van der Waals surface area contributed by atoms with E-state index in [-0.39, 0.29) is 6.03 Å². The molecule has 0 spiro atoms. The van der Waals surface area contributed by atoms with Gasteiger partial charge in [0.15, 0.2) is 0 Å². The summed E-state index contributed by atoms with van der Waals surface area (Å²) in [7, 11) is 3.12. The quantitative estimate of drug-likeness (QED) is 0.880. The van der Waals surface area contributed by atoms with Gasteiger partial charge in [-0.3, -0.25) is 0 Å². The molecule has 0 aliphatic heterocycles. The number of aryl methyl sites for hydroxylation is 1. The van der Waals surface area contributed by atoms with Crippen molar-refractivity contribution in [3.63, 3.8) is 0 Å². The van der Waals surface area contributed by atoms with Gasteiger partial charge in [0.1, 0.15) is 11.5 Å². The summed E-state index contributed by atoms with van der Waals surface area (Å²) in [6, 6.07) is 12.6. The highest BCUT2D eigenvalue weighted by Gasteiger charge is 2.09. The van der Waals surface area contributed by atoms with E-state index in [9.17, 15) is 4.79 Å². The lowest BCUT2D eigenvalue weighted by Crippen LogP contribution is -2.19. The van der Waals surface area contributed by atoms with Gasteiger partial charge in [-0.05, 0) is 36.2 Å². The molecule has 0 atom stereocenters. The highest BCUT2D eigenvalue weighted by molar-refractivity contribution is 6.00. The zero-order valence-electron chi connectivity index (χ0n) is 13.0. The van der Waals surface area contributed by atoms with Crippen molar-refractivity contribution in [2.24, 2.45) is 0 Å². The first kappa shape index (κ1) is 15.7. The lowest BCUT2D eigenvalue weighted by Gasteiger charge is -2.12. The van der Waals surface area contributed by atoms with Crippen LogP contribution in [0, 0.1) is 0 Å². The third kappa shape index (κ3) is 3.91. The zero-order chi connectivity index (χ0) is 15.9. The first-order valence-electron chi connectivity index (χ1n) is 7.05. The molecule has 0 saturated carbocycles. The van der Waals surface area contributed by atoms with Crippen molar-refractivity contribution >= 4 is 17.4 Å². The number of carbonyl (C=O) groups excluding carboxylic acids is 1. The fourth-order valence-electron chi connectivity index (χ4n) is 2.01. The second-order valence-electron chi connectivity index (χ2n) is 4.70. The third-order valence-electron chi connectivity index (χ3n) is 3.28. The smallest absolute Gasteiger partial charge is 0.323 e. The molecule has 116 valence electrons. The Kier molecular flexibility index (Phi) is 5.25. The summed E-state index contributed by atoms with van der Waals surface area (Å²) in [6.07, 6.45) is 0.968. The van der Waals surface area contributed by atoms with Crippen LogP contribution in [0.3, 0.4) is 0 Å². The van der Waals surface area contributed by atoms with Gasteiger partial charge >= 0.3 is 6.03 Å². The van der Waals surface area contributed by atoms with Gasteiger partial charge in [0.05, 0.1) is 19.9 Å². The minimum Gasteiger partial charge on any atom is -0.497 e. The maximum Gasteiger partial charge on any atom is 0.323 e. The van der Waals surface area contributed by atoms with Crippen LogP contribution in [0.5, 0.6) is 11.5 Å². The van der Waals surface area contributed by atoms with E-state index in [2.05, 4.69) is 17.6 Å². The van der Waals surface area contributed by atoms with Crippen molar-refractivity contribution in [2.75, 3.05) is 24.9 Å². The molecule has 2 amide bonds. The number of nitrogens with one attached hydrogen (secondary N) is 2. The number of carbonyl (C=O) groups is 1. The number of anilines is 2. The molecule has 0 saturated heterocycles. The van der Waals surface area contributed by atoms with Gasteiger partial charge in [-0.15, -0.1) is 0 Å². The lowest BCUT2D eigenvalue weighted by atomic mass is 10.1. The Morgan fingerprint density at radius 3 is 2.32 bits per heavy atom. The minimum atomic E-state index is -0.326. The van der Waals surface area contributed by atoms with E-state index in [0.717, 1.165) is 12.1 Å². The summed E-state index contributed by atoms with van der Waals surface area (Å²) in [5, 5.41) is 5.54. The molecule has 5 nitrogen and oxygen atoms in total. The predicted molar refractivity (Wildman–Crippen MR) is 88.0 cm³/mol. The van der Waals surface area contributed by atoms with Crippen molar-refractivity contribution in [3.8, 4) is 11.5 Å². The summed E-state index contributed by atoms with van der Waals surface area (Å²) in [4.78, 5) is 12.0. The summed E-state index contributed by atoms with van der Waals surface area (Å²) in [5.41, 5.74) is 2.54. The maximum absolute atomic E-state index is 12.0. The van der Waals surface area contributed by atoms with Gasteiger partial charge in [0, 0.05) is 11.8 Å². The van der Waals surface area contributed by atoms with E-state index in [1.165, 1.54) is 5.56 Å². The lowest BCUT2D eigenvalue weighted by molar-refractivity contribution is 0.262. The first-order chi connectivity index (χ1) is 10.7. The molecule has 0 aliphatic rings. The molecule has 0 fully saturated rings. The summed E-state index contributed by atoms with van der Waals surface area (Å²) in [6.45, 7) is 2.09. The summed E-state index contributed by atoms with van der Waals surface area (Å²) >= 11 is 0. The molecule has 0 aromatic heterocycles. The Labute approximate surface area is 130 Å². The van der Waals surface area contributed by atoms with E-state index in [1.807, 2.05) is 24.3 Å². The van der Waals surface area contributed by atoms with Crippen molar-refractivity contribution in [1.82, 2.24) is 0 Å². The molecule has 0 unspecified atom stereocenters. The molecule has 5 heteroatoms. The van der Waals surface area contributed by atoms with Gasteiger partial charge in [-0.2, -0.15) is 0 Å². The number of amides is 2. The van der Waals surface area contributed by atoms with Gasteiger partial charge < -0.3 is 20.1 Å². The molecule has 0 heterocycles. The molecule has 2 N–H and O–H groups in total.